The summed E-state index contributed by atoms with van der Waals surface area (Å²) >= 11 is 0. The largest absolute Gasteiger partial charge is 0.487 e. The van der Waals surface area contributed by atoms with Gasteiger partial charge >= 0.3 is 5.97 Å². The summed E-state index contributed by atoms with van der Waals surface area (Å²) in [4.78, 5) is 27.7. The van der Waals surface area contributed by atoms with Crippen LogP contribution in [-0.2, 0) is 4.74 Å². The van der Waals surface area contributed by atoms with E-state index in [2.05, 4.69) is 5.32 Å². The molecule has 0 unspecified atom stereocenters. The quantitative estimate of drug-likeness (QED) is 0.777. The second kappa shape index (κ2) is 7.02. The van der Waals surface area contributed by atoms with E-state index in [0.717, 1.165) is 13.1 Å². The molecule has 156 valence electrons. The van der Waals surface area contributed by atoms with Gasteiger partial charge in [-0.2, -0.15) is 0 Å². The normalized spacial score (nSPS) is 19.2. The number of hydrogen-bond acceptors (Lipinski definition) is 6. The highest BCUT2D eigenvalue weighted by Gasteiger charge is 2.31. The SMILES string of the molecule is C[C@H]1COc2c(N3CCNCC3)c(F)cc3c(=O)c(C(=O)OC(C)(C)C)cn1c23. The third-order valence-electron chi connectivity index (χ3n) is 5.19. The van der Waals surface area contributed by atoms with Crippen LogP contribution in [0.25, 0.3) is 10.9 Å². The average Bonchev–Trinajstić information content (AvgIpc) is 2.65. The minimum Gasteiger partial charge on any atom is -0.487 e. The molecule has 2 aromatic rings. The molecule has 0 spiro atoms. The second-order valence-electron chi connectivity index (χ2n) is 8.61. The molecular formula is C21H26FN3O4. The molecule has 3 heterocycles. The minimum atomic E-state index is -0.738. The first-order valence-electron chi connectivity index (χ1n) is 9.90. The van der Waals surface area contributed by atoms with E-state index in [-0.39, 0.29) is 17.0 Å². The molecule has 29 heavy (non-hydrogen) atoms. The van der Waals surface area contributed by atoms with Gasteiger partial charge in [-0.05, 0) is 33.8 Å². The van der Waals surface area contributed by atoms with Crippen LogP contribution in [0.1, 0.15) is 44.1 Å². The van der Waals surface area contributed by atoms with Crippen LogP contribution in [-0.4, -0.2) is 48.9 Å². The van der Waals surface area contributed by atoms with Crippen molar-refractivity contribution in [1.29, 1.82) is 0 Å². The Morgan fingerprint density at radius 3 is 2.66 bits per heavy atom. The first-order valence-corrected chi connectivity index (χ1v) is 9.90. The van der Waals surface area contributed by atoms with Crippen molar-refractivity contribution in [3.63, 3.8) is 0 Å². The van der Waals surface area contributed by atoms with Gasteiger partial charge in [-0.15, -0.1) is 0 Å². The number of esters is 1. The van der Waals surface area contributed by atoms with Crippen LogP contribution >= 0.6 is 0 Å². The number of carbonyl (C=O) groups is 1. The molecule has 0 bridgehead atoms. The standard InChI is InChI=1S/C21H26FN3O4/c1-12-11-28-19-16-13(9-15(22)17(19)24-7-5-23-6-8-24)18(26)14(10-25(12)16)20(27)29-21(2,3)4/h9-10,12,23H,5-8,11H2,1-4H3/t12-/m0/s1. The van der Waals surface area contributed by atoms with Crippen LogP contribution in [0.5, 0.6) is 5.75 Å². The lowest BCUT2D eigenvalue weighted by Crippen LogP contribution is -2.44. The van der Waals surface area contributed by atoms with Crippen molar-refractivity contribution in [2.45, 2.75) is 39.3 Å². The maximum absolute atomic E-state index is 15.2. The van der Waals surface area contributed by atoms with Crippen LogP contribution < -0.4 is 20.4 Å². The Morgan fingerprint density at radius 1 is 1.31 bits per heavy atom. The Balaban J connectivity index is 1.95. The van der Waals surface area contributed by atoms with Gasteiger partial charge in [-0.3, -0.25) is 4.79 Å². The number of hydrogen-bond donors (Lipinski definition) is 1. The molecule has 0 amide bonds. The molecule has 7 nitrogen and oxygen atoms in total. The van der Waals surface area contributed by atoms with Gasteiger partial charge in [-0.25, -0.2) is 9.18 Å². The van der Waals surface area contributed by atoms with Gasteiger partial charge in [0, 0.05) is 32.4 Å². The van der Waals surface area contributed by atoms with Gasteiger partial charge in [0.1, 0.15) is 23.5 Å². The predicted molar refractivity (Wildman–Crippen MR) is 109 cm³/mol. The van der Waals surface area contributed by atoms with Crippen molar-refractivity contribution >= 4 is 22.6 Å². The maximum atomic E-state index is 15.2. The summed E-state index contributed by atoms with van der Waals surface area (Å²) in [5, 5.41) is 3.38. The van der Waals surface area contributed by atoms with E-state index < -0.39 is 22.8 Å². The van der Waals surface area contributed by atoms with E-state index in [1.54, 1.807) is 20.8 Å². The summed E-state index contributed by atoms with van der Waals surface area (Å²) in [5.74, 6) is -0.859. The molecule has 1 fully saturated rings. The van der Waals surface area contributed by atoms with Gasteiger partial charge in [0.15, 0.2) is 11.6 Å². The number of rotatable bonds is 2. The summed E-state index contributed by atoms with van der Waals surface area (Å²) in [6, 6.07) is 1.11. The third kappa shape index (κ3) is 3.46. The molecule has 1 aromatic heterocycles. The molecule has 4 rings (SSSR count). The first kappa shape index (κ1) is 19.7. The number of nitrogens with zero attached hydrogens (tertiary/aromatic N) is 2. The molecule has 1 N–H and O–H groups in total. The van der Waals surface area contributed by atoms with E-state index in [9.17, 15) is 9.59 Å². The van der Waals surface area contributed by atoms with Crippen LogP contribution in [0.2, 0.25) is 0 Å². The molecule has 0 aliphatic carbocycles. The summed E-state index contributed by atoms with van der Waals surface area (Å²) in [5.41, 5.74) is -0.478. The smallest absolute Gasteiger partial charge is 0.344 e. The summed E-state index contributed by atoms with van der Waals surface area (Å²) in [6.07, 6.45) is 1.52. The van der Waals surface area contributed by atoms with E-state index in [1.807, 2.05) is 16.4 Å². The number of pyridine rings is 1. The van der Waals surface area contributed by atoms with Crippen molar-refractivity contribution in [2.75, 3.05) is 37.7 Å². The molecule has 0 radical (unpaired) electrons. The number of piperazine rings is 1. The first-order chi connectivity index (χ1) is 13.7. The highest BCUT2D eigenvalue weighted by Crippen LogP contribution is 2.41. The molecule has 1 aromatic carbocycles. The van der Waals surface area contributed by atoms with Crippen molar-refractivity contribution < 1.29 is 18.7 Å². The number of ether oxygens (including phenoxy) is 2. The average molecular weight is 403 g/mol. The Bertz CT molecular complexity index is 1040. The van der Waals surface area contributed by atoms with Crippen molar-refractivity contribution in [3.8, 4) is 5.75 Å². The lowest BCUT2D eigenvalue weighted by Gasteiger charge is -2.34. The number of halogens is 1. The number of nitrogens with one attached hydrogen (secondary N) is 1. The van der Waals surface area contributed by atoms with Crippen LogP contribution in [0.4, 0.5) is 10.1 Å². The summed E-state index contributed by atoms with van der Waals surface area (Å²) in [7, 11) is 0. The van der Waals surface area contributed by atoms with Crippen molar-refractivity contribution in [3.05, 3.63) is 33.9 Å². The molecule has 2 aliphatic rings. The van der Waals surface area contributed by atoms with Gasteiger partial charge in [-0.1, -0.05) is 0 Å². The number of carbonyl (C=O) groups excluding carboxylic acids is 1. The zero-order valence-electron chi connectivity index (χ0n) is 17.2. The molecular weight excluding hydrogens is 377 g/mol. The van der Waals surface area contributed by atoms with Gasteiger partial charge in [0.2, 0.25) is 5.43 Å². The fourth-order valence-corrected chi connectivity index (χ4v) is 3.87. The summed E-state index contributed by atoms with van der Waals surface area (Å²) < 4.78 is 28.3. The Kier molecular flexibility index (Phi) is 4.77. The fraction of sp³-hybridized carbons (Fsp3) is 0.524. The maximum Gasteiger partial charge on any atom is 0.344 e. The zero-order chi connectivity index (χ0) is 20.9. The van der Waals surface area contributed by atoms with E-state index in [4.69, 9.17) is 9.47 Å². The lowest BCUT2D eigenvalue weighted by atomic mass is 10.0. The Morgan fingerprint density at radius 2 is 2.00 bits per heavy atom. The minimum absolute atomic E-state index is 0.0959. The van der Waals surface area contributed by atoms with Gasteiger partial charge in [0.25, 0.3) is 0 Å². The third-order valence-corrected chi connectivity index (χ3v) is 5.19. The lowest BCUT2D eigenvalue weighted by molar-refractivity contribution is 0.00671. The van der Waals surface area contributed by atoms with Crippen LogP contribution in [0.15, 0.2) is 17.1 Å². The van der Waals surface area contributed by atoms with E-state index >= 15 is 4.39 Å². The summed E-state index contributed by atoms with van der Waals surface area (Å²) in [6.45, 7) is 10.3. The Hall–Kier alpha value is -2.61. The van der Waals surface area contributed by atoms with E-state index in [1.165, 1.54) is 12.3 Å². The van der Waals surface area contributed by atoms with Crippen molar-refractivity contribution in [1.82, 2.24) is 9.88 Å². The highest BCUT2D eigenvalue weighted by atomic mass is 19.1. The molecule has 1 saturated heterocycles. The molecule has 1 atom stereocenters. The second-order valence-corrected chi connectivity index (χ2v) is 8.61. The number of benzene rings is 1. The van der Waals surface area contributed by atoms with E-state index in [0.29, 0.717) is 36.6 Å². The molecule has 0 saturated carbocycles. The van der Waals surface area contributed by atoms with Crippen molar-refractivity contribution in [2.24, 2.45) is 0 Å². The Labute approximate surface area is 168 Å². The van der Waals surface area contributed by atoms with Gasteiger partial charge in [0.05, 0.1) is 16.9 Å². The highest BCUT2D eigenvalue weighted by molar-refractivity contribution is 5.98. The number of anilines is 1. The fourth-order valence-electron chi connectivity index (χ4n) is 3.87. The monoisotopic (exact) mass is 403 g/mol. The topological polar surface area (TPSA) is 72.8 Å². The number of aromatic nitrogens is 1. The van der Waals surface area contributed by atoms with Crippen LogP contribution in [0.3, 0.4) is 0 Å². The van der Waals surface area contributed by atoms with Crippen LogP contribution in [0, 0.1) is 5.82 Å². The predicted octanol–water partition coefficient (Wildman–Crippen LogP) is 2.46. The molecule has 8 heteroatoms. The molecule has 2 aliphatic heterocycles. The zero-order valence-corrected chi connectivity index (χ0v) is 17.2. The van der Waals surface area contributed by atoms with Gasteiger partial charge < -0.3 is 24.3 Å².